The number of rotatable bonds is 5. The number of hydrogen-bond acceptors (Lipinski definition) is 3. The third kappa shape index (κ3) is 3.30. The third-order valence-corrected chi connectivity index (χ3v) is 4.69. The molecule has 0 radical (unpaired) electrons. The fourth-order valence-electron chi connectivity index (χ4n) is 3.43. The van der Waals surface area contributed by atoms with E-state index in [2.05, 4.69) is 10.3 Å². The van der Waals surface area contributed by atoms with E-state index in [0.29, 0.717) is 31.1 Å². The topological polar surface area (TPSA) is 50.1 Å². The summed E-state index contributed by atoms with van der Waals surface area (Å²) in [6.07, 6.45) is 0.499. The van der Waals surface area contributed by atoms with E-state index in [1.54, 1.807) is 0 Å². The van der Waals surface area contributed by atoms with Crippen LogP contribution in [0.25, 0.3) is 0 Å². The summed E-state index contributed by atoms with van der Waals surface area (Å²) in [5.74, 6) is -0.203. The van der Waals surface area contributed by atoms with E-state index in [9.17, 15) is 18.3 Å². The van der Waals surface area contributed by atoms with Gasteiger partial charge < -0.3 is 15.0 Å². The van der Waals surface area contributed by atoms with Crippen molar-refractivity contribution in [2.75, 3.05) is 6.54 Å². The average molecular weight is 317 g/mol. The molecule has 3 rings (SSSR count). The first kappa shape index (κ1) is 15.8. The van der Waals surface area contributed by atoms with E-state index in [1.165, 1.54) is 4.57 Å². The maximum absolute atomic E-state index is 13.0. The van der Waals surface area contributed by atoms with Gasteiger partial charge in [-0.25, -0.2) is 4.98 Å². The van der Waals surface area contributed by atoms with Crippen LogP contribution in [0.3, 0.4) is 0 Å². The van der Waals surface area contributed by atoms with Crippen molar-refractivity contribution < 1.29 is 18.3 Å². The number of aliphatic hydroxyl groups is 1. The quantitative estimate of drug-likeness (QED) is 0.820. The van der Waals surface area contributed by atoms with Gasteiger partial charge in [-0.15, -0.1) is 0 Å². The second-order valence-corrected chi connectivity index (χ2v) is 6.39. The van der Waals surface area contributed by atoms with Crippen LogP contribution < -0.4 is 5.32 Å². The second kappa shape index (κ2) is 6.20. The summed E-state index contributed by atoms with van der Waals surface area (Å²) < 4.78 is 40.5. The first-order chi connectivity index (χ1) is 10.4. The van der Waals surface area contributed by atoms with Gasteiger partial charge in [-0.3, -0.25) is 0 Å². The van der Waals surface area contributed by atoms with Crippen molar-refractivity contribution in [3.05, 3.63) is 17.2 Å². The molecule has 4 nitrogen and oxygen atoms in total. The summed E-state index contributed by atoms with van der Waals surface area (Å²) in [7, 11) is 0. The first-order valence-electron chi connectivity index (χ1n) is 7.99. The molecule has 0 atom stereocenters. The minimum atomic E-state index is -4.38. The van der Waals surface area contributed by atoms with Gasteiger partial charge in [0.25, 0.3) is 0 Å². The van der Waals surface area contributed by atoms with Crippen LogP contribution in [-0.4, -0.2) is 27.3 Å². The molecule has 1 saturated carbocycles. The Kier molecular flexibility index (Phi) is 4.45. The highest BCUT2D eigenvalue weighted by molar-refractivity contribution is 5.20. The molecule has 1 aromatic heterocycles. The highest BCUT2D eigenvalue weighted by atomic mass is 19.4. The molecule has 1 fully saturated rings. The second-order valence-electron chi connectivity index (χ2n) is 6.39. The number of nitrogens with one attached hydrogen (secondary N) is 1. The van der Waals surface area contributed by atoms with Gasteiger partial charge in [0, 0.05) is 18.8 Å². The van der Waals surface area contributed by atoms with E-state index in [4.69, 9.17) is 0 Å². The SMILES string of the molecule is OC1CC(CCNCc2nc(C(F)(F)F)n3c2CCCC3)C1. The summed E-state index contributed by atoms with van der Waals surface area (Å²) in [4.78, 5) is 3.86. The molecular weight excluding hydrogens is 295 g/mol. The molecule has 0 bridgehead atoms. The fraction of sp³-hybridized carbons (Fsp3) is 0.800. The highest BCUT2D eigenvalue weighted by Gasteiger charge is 2.39. The molecule has 0 saturated heterocycles. The van der Waals surface area contributed by atoms with Gasteiger partial charge in [0.1, 0.15) is 0 Å². The summed E-state index contributed by atoms with van der Waals surface area (Å²) >= 11 is 0. The van der Waals surface area contributed by atoms with Gasteiger partial charge in [0.2, 0.25) is 5.82 Å². The molecule has 0 unspecified atom stereocenters. The largest absolute Gasteiger partial charge is 0.449 e. The van der Waals surface area contributed by atoms with E-state index < -0.39 is 12.0 Å². The number of aromatic nitrogens is 2. The average Bonchev–Trinajstić information content (AvgIpc) is 2.80. The molecule has 2 N–H and O–H groups in total. The van der Waals surface area contributed by atoms with Gasteiger partial charge in [-0.05, 0) is 51.0 Å². The van der Waals surface area contributed by atoms with Crippen molar-refractivity contribution in [1.29, 1.82) is 0 Å². The molecule has 1 aliphatic heterocycles. The van der Waals surface area contributed by atoms with Crippen molar-refractivity contribution in [2.24, 2.45) is 5.92 Å². The van der Waals surface area contributed by atoms with Crippen molar-refractivity contribution in [3.63, 3.8) is 0 Å². The Bertz CT molecular complexity index is 521. The number of aliphatic hydroxyl groups excluding tert-OH is 1. The number of hydrogen-bond donors (Lipinski definition) is 2. The molecule has 2 aliphatic rings. The summed E-state index contributed by atoms with van der Waals surface area (Å²) in [5.41, 5.74) is 1.28. The maximum Gasteiger partial charge on any atom is 0.449 e. The maximum atomic E-state index is 13.0. The number of nitrogens with zero attached hydrogens (tertiary/aromatic N) is 2. The number of fused-ring (bicyclic) bond motifs is 1. The zero-order valence-corrected chi connectivity index (χ0v) is 12.5. The first-order valence-corrected chi connectivity index (χ1v) is 7.99. The van der Waals surface area contributed by atoms with Crippen LogP contribution in [-0.2, 0) is 25.7 Å². The number of alkyl halides is 3. The van der Waals surface area contributed by atoms with Gasteiger partial charge in [-0.2, -0.15) is 13.2 Å². The molecule has 1 aliphatic carbocycles. The van der Waals surface area contributed by atoms with Gasteiger partial charge in [0.05, 0.1) is 11.8 Å². The van der Waals surface area contributed by atoms with E-state index >= 15 is 0 Å². The van der Waals surface area contributed by atoms with E-state index in [-0.39, 0.29) is 6.10 Å². The lowest BCUT2D eigenvalue weighted by Gasteiger charge is -2.31. The highest BCUT2D eigenvalue weighted by Crippen LogP contribution is 2.33. The van der Waals surface area contributed by atoms with Crippen LogP contribution >= 0.6 is 0 Å². The Labute approximate surface area is 127 Å². The minimum absolute atomic E-state index is 0.153. The van der Waals surface area contributed by atoms with Crippen molar-refractivity contribution in [3.8, 4) is 0 Å². The molecule has 0 aromatic carbocycles. The fourth-order valence-corrected chi connectivity index (χ4v) is 3.43. The Morgan fingerprint density at radius 2 is 2.05 bits per heavy atom. The Hall–Kier alpha value is -1.08. The zero-order valence-electron chi connectivity index (χ0n) is 12.5. The lowest BCUT2D eigenvalue weighted by atomic mass is 9.80. The van der Waals surface area contributed by atoms with E-state index in [1.807, 2.05) is 0 Å². The van der Waals surface area contributed by atoms with Gasteiger partial charge in [0.15, 0.2) is 0 Å². The monoisotopic (exact) mass is 317 g/mol. The molecular formula is C15H22F3N3O. The van der Waals surface area contributed by atoms with Crippen molar-refractivity contribution >= 4 is 0 Å². The summed E-state index contributed by atoms with van der Waals surface area (Å²) in [5, 5.41) is 12.4. The van der Waals surface area contributed by atoms with Crippen LogP contribution in [0.4, 0.5) is 13.2 Å². The zero-order chi connectivity index (χ0) is 15.7. The standard InChI is InChI=1S/C15H22F3N3O/c16-15(17,18)14-20-12(13-3-1-2-6-21(13)14)9-19-5-4-10-7-11(22)8-10/h10-11,19,22H,1-9H2. The Morgan fingerprint density at radius 3 is 2.73 bits per heavy atom. The lowest BCUT2D eigenvalue weighted by Crippen LogP contribution is -2.31. The molecule has 7 heteroatoms. The van der Waals surface area contributed by atoms with Crippen LogP contribution in [0.1, 0.15) is 49.3 Å². The van der Waals surface area contributed by atoms with Crippen molar-refractivity contribution in [2.45, 2.75) is 63.9 Å². The predicted octanol–water partition coefficient (Wildman–Crippen LogP) is 2.49. The van der Waals surface area contributed by atoms with Crippen LogP contribution in [0.5, 0.6) is 0 Å². The number of imidazole rings is 1. The molecule has 0 amide bonds. The van der Waals surface area contributed by atoms with Crippen LogP contribution in [0.2, 0.25) is 0 Å². The Balaban J connectivity index is 1.59. The lowest BCUT2D eigenvalue weighted by molar-refractivity contribution is -0.147. The van der Waals surface area contributed by atoms with Gasteiger partial charge >= 0.3 is 6.18 Å². The molecule has 2 heterocycles. The number of halogens is 3. The van der Waals surface area contributed by atoms with Crippen LogP contribution in [0, 0.1) is 5.92 Å². The van der Waals surface area contributed by atoms with Crippen molar-refractivity contribution in [1.82, 2.24) is 14.9 Å². The summed E-state index contributed by atoms with van der Waals surface area (Å²) in [6, 6.07) is 0. The van der Waals surface area contributed by atoms with Crippen LogP contribution in [0.15, 0.2) is 0 Å². The molecule has 0 spiro atoms. The minimum Gasteiger partial charge on any atom is -0.393 e. The molecule has 1 aromatic rings. The Morgan fingerprint density at radius 1 is 1.27 bits per heavy atom. The van der Waals surface area contributed by atoms with Gasteiger partial charge in [-0.1, -0.05) is 0 Å². The molecule has 124 valence electrons. The summed E-state index contributed by atoms with van der Waals surface area (Å²) in [6.45, 7) is 1.56. The third-order valence-electron chi connectivity index (χ3n) is 4.69. The molecule has 22 heavy (non-hydrogen) atoms. The van der Waals surface area contributed by atoms with E-state index in [0.717, 1.165) is 44.3 Å². The smallest absolute Gasteiger partial charge is 0.393 e. The predicted molar refractivity (Wildman–Crippen MR) is 75.2 cm³/mol. The normalized spacial score (nSPS) is 24.9.